The second kappa shape index (κ2) is 13.7. The van der Waals surface area contributed by atoms with E-state index in [0.29, 0.717) is 13.0 Å². The van der Waals surface area contributed by atoms with Crippen LogP contribution in [0, 0.1) is 0 Å². The van der Waals surface area contributed by atoms with Crippen LogP contribution in [-0.2, 0) is 19.0 Å². The van der Waals surface area contributed by atoms with Gasteiger partial charge in [0.05, 0.1) is 31.5 Å². The van der Waals surface area contributed by atoms with Crippen molar-refractivity contribution in [1.82, 2.24) is 5.32 Å². The summed E-state index contributed by atoms with van der Waals surface area (Å²) in [5.74, 6) is -0.197. The minimum Gasteiger partial charge on any atom is -0.469 e. The molecular formula is C21H38FNO9. The lowest BCUT2D eigenvalue weighted by Gasteiger charge is -2.28. The molecule has 0 saturated carbocycles. The predicted molar refractivity (Wildman–Crippen MR) is 110 cm³/mol. The summed E-state index contributed by atoms with van der Waals surface area (Å²) >= 11 is 0. The van der Waals surface area contributed by atoms with Crippen molar-refractivity contribution in [3.8, 4) is 0 Å². The Hall–Kier alpha value is -0.920. The number of methoxy groups -OCH3 is 1. The number of ether oxygens (including phenoxy) is 3. The maximum absolute atomic E-state index is 13.4. The Bertz CT molecular complexity index is 557. The SMILES string of the molecule is COC(=O)CCCCCCCCO[C@H]1O[C@H](CC(O)[C@H](O)[C@H]2NC[C@@H](F)[C@@H]2O)[C@@H](O)[C@@H]1O. The number of hydrogen-bond acceptors (Lipinski definition) is 10. The second-order valence-corrected chi connectivity index (χ2v) is 8.58. The lowest BCUT2D eigenvalue weighted by molar-refractivity contribution is -0.171. The average molecular weight is 468 g/mol. The number of hydrogen-bond donors (Lipinski definition) is 6. The molecule has 0 spiro atoms. The van der Waals surface area contributed by atoms with Gasteiger partial charge in [0.1, 0.15) is 24.5 Å². The zero-order valence-corrected chi connectivity index (χ0v) is 18.5. The molecule has 2 rings (SSSR count). The molecule has 10 nitrogen and oxygen atoms in total. The summed E-state index contributed by atoms with van der Waals surface area (Å²) in [7, 11) is 1.38. The molecule has 0 radical (unpaired) electrons. The number of carbonyl (C=O) groups excluding carboxylic acids is 1. The summed E-state index contributed by atoms with van der Waals surface area (Å²) in [5, 5.41) is 53.2. The maximum atomic E-state index is 13.4. The zero-order chi connectivity index (χ0) is 23.7. The average Bonchev–Trinajstić information content (AvgIpc) is 3.25. The fourth-order valence-corrected chi connectivity index (χ4v) is 4.08. The summed E-state index contributed by atoms with van der Waals surface area (Å²) in [6.07, 6.45) is -4.90. The molecule has 9 atom stereocenters. The summed E-state index contributed by atoms with van der Waals surface area (Å²) in [6, 6.07) is -1.03. The smallest absolute Gasteiger partial charge is 0.305 e. The first-order chi connectivity index (χ1) is 15.3. The third kappa shape index (κ3) is 7.84. The van der Waals surface area contributed by atoms with Crippen LogP contribution in [0.4, 0.5) is 4.39 Å². The zero-order valence-electron chi connectivity index (χ0n) is 18.5. The number of carbonyl (C=O) groups is 1. The van der Waals surface area contributed by atoms with Crippen molar-refractivity contribution < 1.29 is 48.9 Å². The topological polar surface area (TPSA) is 158 Å². The molecule has 0 aromatic rings. The van der Waals surface area contributed by atoms with Gasteiger partial charge in [-0.05, 0) is 12.8 Å². The number of unbranched alkanes of at least 4 members (excludes halogenated alkanes) is 5. The van der Waals surface area contributed by atoms with Crippen molar-refractivity contribution in [2.45, 2.75) is 106 Å². The number of aliphatic hydroxyl groups is 5. The van der Waals surface area contributed by atoms with E-state index in [4.69, 9.17) is 9.47 Å². The van der Waals surface area contributed by atoms with E-state index in [-0.39, 0.29) is 18.9 Å². The third-order valence-corrected chi connectivity index (χ3v) is 6.13. The normalized spacial score (nSPS) is 34.5. The largest absolute Gasteiger partial charge is 0.469 e. The first-order valence-corrected chi connectivity index (χ1v) is 11.4. The molecule has 0 aliphatic carbocycles. The fraction of sp³-hybridized carbons (Fsp3) is 0.952. The van der Waals surface area contributed by atoms with Gasteiger partial charge in [0, 0.05) is 26.0 Å². The molecule has 0 aromatic heterocycles. The van der Waals surface area contributed by atoms with Crippen molar-refractivity contribution in [2.75, 3.05) is 20.3 Å². The van der Waals surface area contributed by atoms with Gasteiger partial charge in [-0.15, -0.1) is 0 Å². The number of aliphatic hydroxyl groups excluding tert-OH is 5. The maximum Gasteiger partial charge on any atom is 0.305 e. The molecule has 32 heavy (non-hydrogen) atoms. The van der Waals surface area contributed by atoms with Crippen LogP contribution >= 0.6 is 0 Å². The third-order valence-electron chi connectivity index (χ3n) is 6.13. The highest BCUT2D eigenvalue weighted by molar-refractivity contribution is 5.68. The van der Waals surface area contributed by atoms with Gasteiger partial charge in [0.2, 0.25) is 0 Å². The fourth-order valence-electron chi connectivity index (χ4n) is 4.08. The molecule has 0 bridgehead atoms. The summed E-state index contributed by atoms with van der Waals surface area (Å²) in [6.45, 7) is 0.199. The summed E-state index contributed by atoms with van der Waals surface area (Å²) in [5.41, 5.74) is 0. The first kappa shape index (κ1) is 27.3. The van der Waals surface area contributed by atoms with Crippen molar-refractivity contribution in [3.63, 3.8) is 0 Å². The molecule has 2 aliphatic heterocycles. The van der Waals surface area contributed by atoms with Gasteiger partial charge in [-0.1, -0.05) is 25.7 Å². The molecule has 2 heterocycles. The molecule has 2 fully saturated rings. The number of esters is 1. The van der Waals surface area contributed by atoms with Crippen LogP contribution in [0.25, 0.3) is 0 Å². The Labute approximate surface area is 187 Å². The number of rotatable bonds is 14. The van der Waals surface area contributed by atoms with E-state index in [9.17, 15) is 34.7 Å². The Kier molecular flexibility index (Phi) is 11.7. The molecule has 0 aromatic carbocycles. The van der Waals surface area contributed by atoms with Crippen molar-refractivity contribution in [1.29, 1.82) is 0 Å². The van der Waals surface area contributed by atoms with Crippen molar-refractivity contribution >= 4 is 5.97 Å². The van der Waals surface area contributed by atoms with Gasteiger partial charge in [-0.2, -0.15) is 0 Å². The summed E-state index contributed by atoms with van der Waals surface area (Å²) < 4.78 is 29.0. The Morgan fingerprint density at radius 2 is 1.72 bits per heavy atom. The van der Waals surface area contributed by atoms with Gasteiger partial charge in [0.15, 0.2) is 6.29 Å². The van der Waals surface area contributed by atoms with Crippen LogP contribution in [-0.4, -0.2) is 107 Å². The molecule has 1 unspecified atom stereocenters. The molecule has 11 heteroatoms. The van der Waals surface area contributed by atoms with E-state index in [1.165, 1.54) is 7.11 Å². The van der Waals surface area contributed by atoms with Crippen LogP contribution in [0.15, 0.2) is 0 Å². The highest BCUT2D eigenvalue weighted by Crippen LogP contribution is 2.27. The van der Waals surface area contributed by atoms with Gasteiger partial charge in [-0.3, -0.25) is 4.79 Å². The van der Waals surface area contributed by atoms with E-state index in [2.05, 4.69) is 10.1 Å². The summed E-state index contributed by atoms with van der Waals surface area (Å²) in [4.78, 5) is 11.0. The standard InChI is InChI=1S/C21H38FNO9/c1-30-15(25)8-6-4-2-3-5-7-9-31-21-20(29)19(28)14(32-21)10-13(24)18(27)16-17(26)12(22)11-23-16/h12-14,16-21,23-24,26-29H,2-11H2,1H3/t12-,13?,14-,16+,17+,18+,19-,20+,21+/m1/s1. The predicted octanol–water partition coefficient (Wildman–Crippen LogP) is -0.864. The highest BCUT2D eigenvalue weighted by atomic mass is 19.1. The van der Waals surface area contributed by atoms with E-state index in [1.807, 2.05) is 0 Å². The van der Waals surface area contributed by atoms with Crippen molar-refractivity contribution in [2.24, 2.45) is 0 Å². The van der Waals surface area contributed by atoms with Crippen LogP contribution in [0.2, 0.25) is 0 Å². The number of halogens is 1. The lowest BCUT2D eigenvalue weighted by atomic mass is 9.95. The second-order valence-electron chi connectivity index (χ2n) is 8.58. The highest BCUT2D eigenvalue weighted by Gasteiger charge is 2.47. The lowest BCUT2D eigenvalue weighted by Crippen LogP contribution is -2.50. The molecule has 2 aliphatic rings. The van der Waals surface area contributed by atoms with E-state index in [0.717, 1.165) is 38.5 Å². The minimum absolute atomic E-state index is 0.125. The Morgan fingerprint density at radius 1 is 1.06 bits per heavy atom. The number of alkyl halides is 1. The molecule has 2 saturated heterocycles. The van der Waals surface area contributed by atoms with Gasteiger partial charge in [0.25, 0.3) is 0 Å². The number of nitrogens with one attached hydrogen (secondary N) is 1. The van der Waals surface area contributed by atoms with Crippen LogP contribution in [0.5, 0.6) is 0 Å². The monoisotopic (exact) mass is 467 g/mol. The van der Waals surface area contributed by atoms with E-state index < -0.39 is 55.1 Å². The van der Waals surface area contributed by atoms with E-state index >= 15 is 0 Å². The van der Waals surface area contributed by atoms with Crippen LogP contribution in [0.1, 0.15) is 51.4 Å². The molecule has 0 amide bonds. The minimum atomic E-state index is -1.53. The van der Waals surface area contributed by atoms with E-state index in [1.54, 1.807) is 0 Å². The Balaban J connectivity index is 1.61. The quantitative estimate of drug-likeness (QED) is 0.140. The Morgan fingerprint density at radius 3 is 2.34 bits per heavy atom. The van der Waals surface area contributed by atoms with Gasteiger partial charge < -0.3 is 45.1 Å². The molecule has 6 N–H and O–H groups in total. The molecule has 188 valence electrons. The molecular weight excluding hydrogens is 429 g/mol. The van der Waals surface area contributed by atoms with Crippen molar-refractivity contribution in [3.05, 3.63) is 0 Å². The first-order valence-electron chi connectivity index (χ1n) is 11.4. The van der Waals surface area contributed by atoms with Crippen LogP contribution < -0.4 is 5.32 Å². The van der Waals surface area contributed by atoms with Gasteiger partial charge in [-0.25, -0.2) is 4.39 Å². The van der Waals surface area contributed by atoms with Gasteiger partial charge >= 0.3 is 5.97 Å². The van der Waals surface area contributed by atoms with Crippen LogP contribution in [0.3, 0.4) is 0 Å².